The van der Waals surface area contributed by atoms with E-state index in [-0.39, 0.29) is 0 Å². The van der Waals surface area contributed by atoms with Crippen molar-refractivity contribution in [1.29, 1.82) is 0 Å². The Morgan fingerprint density at radius 1 is 0.882 bits per heavy atom. The van der Waals surface area contributed by atoms with Gasteiger partial charge in [0, 0.05) is 0 Å². The highest BCUT2D eigenvalue weighted by molar-refractivity contribution is 5.77. The molecule has 0 bridgehead atoms. The second-order valence-electron chi connectivity index (χ2n) is 4.76. The Bertz CT molecular complexity index is 562. The smallest absolute Gasteiger partial charge is 0.00202 e. The molecule has 1 aliphatic carbocycles. The molecular weight excluding hydrogens is 204 g/mol. The number of benzene rings is 2. The van der Waals surface area contributed by atoms with Gasteiger partial charge in [-0.2, -0.15) is 0 Å². The highest BCUT2D eigenvalue weighted by atomic mass is 14.2. The fourth-order valence-electron chi connectivity index (χ4n) is 2.64. The van der Waals surface area contributed by atoms with Gasteiger partial charge in [0.2, 0.25) is 0 Å². The molecule has 0 aromatic heterocycles. The predicted octanol–water partition coefficient (Wildman–Crippen LogP) is 4.26. The van der Waals surface area contributed by atoms with Crippen LogP contribution in [0.5, 0.6) is 0 Å². The highest BCUT2D eigenvalue weighted by Crippen LogP contribution is 2.34. The molecule has 0 heterocycles. The van der Waals surface area contributed by atoms with E-state index in [0.717, 1.165) is 12.8 Å². The zero-order valence-corrected chi connectivity index (χ0v) is 10.1. The maximum Gasteiger partial charge on any atom is -0.00202 e. The lowest BCUT2D eigenvalue weighted by Crippen LogP contribution is -1.90. The van der Waals surface area contributed by atoms with Gasteiger partial charge in [0.25, 0.3) is 0 Å². The molecule has 0 atom stereocenters. The number of rotatable bonds is 2. The molecule has 0 aliphatic heterocycles. The van der Waals surface area contributed by atoms with Crippen molar-refractivity contribution in [1.82, 2.24) is 0 Å². The molecule has 0 spiro atoms. The van der Waals surface area contributed by atoms with Crippen molar-refractivity contribution in [2.75, 3.05) is 0 Å². The molecule has 0 amide bonds. The van der Waals surface area contributed by atoms with E-state index in [1.165, 1.54) is 27.8 Å². The molecule has 0 heteroatoms. The molecule has 2 aromatic carbocycles. The molecule has 0 saturated carbocycles. The van der Waals surface area contributed by atoms with Crippen LogP contribution >= 0.6 is 0 Å². The number of hydrogen-bond acceptors (Lipinski definition) is 0. The third kappa shape index (κ3) is 1.91. The molecule has 3 rings (SSSR count). The van der Waals surface area contributed by atoms with E-state index in [1.54, 1.807) is 0 Å². The van der Waals surface area contributed by atoms with Crippen molar-refractivity contribution in [2.24, 2.45) is 0 Å². The summed E-state index contributed by atoms with van der Waals surface area (Å²) >= 11 is 0. The second-order valence-corrected chi connectivity index (χ2v) is 4.76. The third-order valence-corrected chi connectivity index (χ3v) is 3.54. The van der Waals surface area contributed by atoms with Gasteiger partial charge in [0.05, 0.1) is 0 Å². The fourth-order valence-corrected chi connectivity index (χ4v) is 2.64. The van der Waals surface area contributed by atoms with Gasteiger partial charge < -0.3 is 0 Å². The van der Waals surface area contributed by atoms with Crippen molar-refractivity contribution >= 4 is 5.57 Å². The van der Waals surface area contributed by atoms with Gasteiger partial charge in [-0.1, -0.05) is 60.2 Å². The summed E-state index contributed by atoms with van der Waals surface area (Å²) in [6.45, 7) is 2.26. The van der Waals surface area contributed by atoms with Gasteiger partial charge in [0.15, 0.2) is 0 Å². The lowest BCUT2D eigenvalue weighted by Gasteiger charge is -2.06. The fraction of sp³-hybridized carbons (Fsp3) is 0.176. The number of hydrogen-bond donors (Lipinski definition) is 0. The first-order valence-corrected chi connectivity index (χ1v) is 6.15. The summed E-state index contributed by atoms with van der Waals surface area (Å²) in [5.74, 6) is 0. The number of allylic oxidation sites excluding steroid dienone is 2. The average molecular weight is 220 g/mol. The van der Waals surface area contributed by atoms with E-state index < -0.39 is 0 Å². The van der Waals surface area contributed by atoms with Crippen molar-refractivity contribution in [2.45, 2.75) is 19.8 Å². The van der Waals surface area contributed by atoms with Crippen molar-refractivity contribution < 1.29 is 0 Å². The molecule has 84 valence electrons. The van der Waals surface area contributed by atoms with E-state index >= 15 is 0 Å². The van der Waals surface area contributed by atoms with Crippen LogP contribution in [0, 0.1) is 0 Å². The normalized spacial score (nSPS) is 13.9. The van der Waals surface area contributed by atoms with E-state index in [1.807, 2.05) is 0 Å². The lowest BCUT2D eigenvalue weighted by molar-refractivity contribution is 1.18. The monoisotopic (exact) mass is 220 g/mol. The summed E-state index contributed by atoms with van der Waals surface area (Å²) in [6, 6.07) is 19.5. The molecule has 0 radical (unpaired) electrons. The summed E-state index contributed by atoms with van der Waals surface area (Å²) in [5, 5.41) is 0. The summed E-state index contributed by atoms with van der Waals surface area (Å²) < 4.78 is 0. The molecular formula is C17H16. The quantitative estimate of drug-likeness (QED) is 0.709. The molecule has 0 fully saturated rings. The van der Waals surface area contributed by atoms with Gasteiger partial charge in [-0.15, -0.1) is 0 Å². The minimum absolute atomic E-state index is 1.06. The number of fused-ring (bicyclic) bond motifs is 1. The van der Waals surface area contributed by atoms with Crippen molar-refractivity contribution in [3.8, 4) is 0 Å². The van der Waals surface area contributed by atoms with Crippen molar-refractivity contribution in [3.05, 3.63) is 76.9 Å². The predicted molar refractivity (Wildman–Crippen MR) is 72.9 cm³/mol. The average Bonchev–Trinajstić information content (AvgIpc) is 2.68. The van der Waals surface area contributed by atoms with Crippen LogP contribution in [0.25, 0.3) is 5.57 Å². The Balaban J connectivity index is 1.96. The minimum atomic E-state index is 1.06. The Morgan fingerprint density at radius 2 is 1.59 bits per heavy atom. The van der Waals surface area contributed by atoms with Crippen LogP contribution in [0.1, 0.15) is 23.6 Å². The van der Waals surface area contributed by atoms with E-state index in [4.69, 9.17) is 0 Å². The van der Waals surface area contributed by atoms with E-state index in [2.05, 4.69) is 61.5 Å². The SMILES string of the molecule is CC1=C(Cc2ccccc2)c2ccccc2C1. The highest BCUT2D eigenvalue weighted by Gasteiger charge is 2.17. The molecule has 2 aromatic rings. The summed E-state index contributed by atoms with van der Waals surface area (Å²) in [7, 11) is 0. The largest absolute Gasteiger partial charge is 0.0648 e. The van der Waals surface area contributed by atoms with Crippen LogP contribution in [-0.4, -0.2) is 0 Å². The summed E-state index contributed by atoms with van der Waals surface area (Å²) in [4.78, 5) is 0. The summed E-state index contributed by atoms with van der Waals surface area (Å²) in [6.07, 6.45) is 2.18. The van der Waals surface area contributed by atoms with Crippen LogP contribution < -0.4 is 0 Å². The van der Waals surface area contributed by atoms with Gasteiger partial charge in [-0.25, -0.2) is 0 Å². The first-order valence-electron chi connectivity index (χ1n) is 6.15. The van der Waals surface area contributed by atoms with Gasteiger partial charge >= 0.3 is 0 Å². The Hall–Kier alpha value is -1.82. The van der Waals surface area contributed by atoms with Crippen LogP contribution in [-0.2, 0) is 12.8 Å². The first-order chi connectivity index (χ1) is 8.34. The molecule has 0 unspecified atom stereocenters. The van der Waals surface area contributed by atoms with Gasteiger partial charge in [0.1, 0.15) is 0 Å². The maximum atomic E-state index is 2.26. The Morgan fingerprint density at radius 3 is 2.41 bits per heavy atom. The van der Waals surface area contributed by atoms with Crippen LogP contribution in [0.15, 0.2) is 60.2 Å². The Labute approximate surface area is 103 Å². The van der Waals surface area contributed by atoms with E-state index in [0.29, 0.717) is 0 Å². The van der Waals surface area contributed by atoms with Crippen LogP contribution in [0.2, 0.25) is 0 Å². The topological polar surface area (TPSA) is 0 Å². The lowest BCUT2D eigenvalue weighted by atomic mass is 9.98. The summed E-state index contributed by atoms with van der Waals surface area (Å²) in [5.41, 5.74) is 7.38. The maximum absolute atomic E-state index is 2.26. The van der Waals surface area contributed by atoms with Crippen LogP contribution in [0.3, 0.4) is 0 Å². The van der Waals surface area contributed by atoms with Crippen LogP contribution in [0.4, 0.5) is 0 Å². The standard InChI is InChI=1S/C17H16/c1-13-11-15-9-5-6-10-16(15)17(13)12-14-7-3-2-4-8-14/h2-10H,11-12H2,1H3. The molecule has 1 aliphatic rings. The Kier molecular flexibility index (Phi) is 2.56. The zero-order chi connectivity index (χ0) is 11.7. The third-order valence-electron chi connectivity index (χ3n) is 3.54. The molecule has 0 N–H and O–H groups in total. The molecule has 17 heavy (non-hydrogen) atoms. The van der Waals surface area contributed by atoms with Gasteiger partial charge in [-0.05, 0) is 42.0 Å². The zero-order valence-electron chi connectivity index (χ0n) is 10.1. The molecule has 0 saturated heterocycles. The first kappa shape index (κ1) is 10.3. The minimum Gasteiger partial charge on any atom is -0.0648 e. The van der Waals surface area contributed by atoms with Gasteiger partial charge in [-0.3, -0.25) is 0 Å². The van der Waals surface area contributed by atoms with Crippen molar-refractivity contribution in [3.63, 3.8) is 0 Å². The molecule has 0 nitrogen and oxygen atoms in total. The second kappa shape index (κ2) is 4.21. The van der Waals surface area contributed by atoms with E-state index in [9.17, 15) is 0 Å².